The maximum atomic E-state index is 12.5. The first-order valence-corrected chi connectivity index (χ1v) is 11.7. The maximum absolute atomic E-state index is 12.5. The summed E-state index contributed by atoms with van der Waals surface area (Å²) < 4.78 is 5.47. The van der Waals surface area contributed by atoms with Gasteiger partial charge in [-0.2, -0.15) is 5.10 Å². The first kappa shape index (κ1) is 25.6. The molecule has 0 aromatic heterocycles. The third kappa shape index (κ3) is 7.04. The second-order valence-electron chi connectivity index (χ2n) is 7.67. The molecule has 0 fully saturated rings. The number of halogens is 2. The van der Waals surface area contributed by atoms with Crippen LogP contribution in [0.3, 0.4) is 0 Å². The van der Waals surface area contributed by atoms with Crippen LogP contribution in [0.1, 0.15) is 36.6 Å². The second kappa shape index (κ2) is 12.0. The molecule has 37 heavy (non-hydrogen) atoms. The van der Waals surface area contributed by atoms with Crippen LogP contribution in [-0.4, -0.2) is 24.0 Å². The van der Waals surface area contributed by atoms with Gasteiger partial charge >= 0.3 is 5.97 Å². The number of hydrogen-bond acceptors (Lipinski definition) is 5. The van der Waals surface area contributed by atoms with E-state index >= 15 is 0 Å². The average molecular weight is 532 g/mol. The van der Waals surface area contributed by atoms with Crippen molar-refractivity contribution in [3.05, 3.63) is 129 Å². The van der Waals surface area contributed by atoms with Crippen LogP contribution in [0.2, 0.25) is 10.0 Å². The lowest BCUT2D eigenvalue weighted by atomic mass is 10.1. The quantitative estimate of drug-likeness (QED) is 0.128. The summed E-state index contributed by atoms with van der Waals surface area (Å²) in [4.78, 5) is 37.2. The van der Waals surface area contributed by atoms with Crippen molar-refractivity contribution < 1.29 is 19.1 Å². The zero-order valence-corrected chi connectivity index (χ0v) is 20.7. The molecule has 0 aliphatic heterocycles. The van der Waals surface area contributed by atoms with Gasteiger partial charge in [0.2, 0.25) is 0 Å². The Kier molecular flexibility index (Phi) is 8.30. The molecule has 4 rings (SSSR count). The monoisotopic (exact) mass is 531 g/mol. The van der Waals surface area contributed by atoms with E-state index in [-0.39, 0.29) is 11.7 Å². The Balaban J connectivity index is 1.35. The molecule has 0 saturated heterocycles. The lowest BCUT2D eigenvalue weighted by Gasteiger charge is -2.08. The lowest BCUT2D eigenvalue weighted by Crippen LogP contribution is -2.18. The Labute approximate surface area is 222 Å². The van der Waals surface area contributed by atoms with Gasteiger partial charge in [-0.15, -0.1) is 0 Å². The largest absolute Gasteiger partial charge is 0.422 e. The molecular formula is C28H19Cl2N3O4. The first-order chi connectivity index (χ1) is 17.9. The molecule has 0 spiro atoms. The highest BCUT2D eigenvalue weighted by atomic mass is 35.5. The van der Waals surface area contributed by atoms with E-state index in [1.807, 2.05) is 0 Å². The average Bonchev–Trinajstić information content (AvgIpc) is 2.90. The number of nitrogens with zero attached hydrogens (tertiary/aromatic N) is 1. The number of hydrogen-bond donors (Lipinski definition) is 2. The summed E-state index contributed by atoms with van der Waals surface area (Å²) in [5, 5.41) is 7.78. The zero-order valence-electron chi connectivity index (χ0n) is 19.2. The van der Waals surface area contributed by atoms with Crippen LogP contribution in [0.5, 0.6) is 5.75 Å². The fraction of sp³-hybridized carbons (Fsp3) is 0. The molecule has 0 heterocycles. The number of anilines is 1. The van der Waals surface area contributed by atoms with E-state index in [0.717, 1.165) is 0 Å². The Hall–Kier alpha value is -4.46. The highest BCUT2D eigenvalue weighted by Crippen LogP contribution is 2.19. The first-order valence-electron chi connectivity index (χ1n) is 11.0. The summed E-state index contributed by atoms with van der Waals surface area (Å²) in [5.74, 6) is -1.03. The van der Waals surface area contributed by atoms with Crippen molar-refractivity contribution in [1.29, 1.82) is 0 Å². The zero-order chi connectivity index (χ0) is 26.2. The normalized spacial score (nSPS) is 10.6. The van der Waals surface area contributed by atoms with E-state index in [9.17, 15) is 14.4 Å². The van der Waals surface area contributed by atoms with E-state index in [1.54, 1.807) is 97.1 Å². The molecule has 4 aromatic carbocycles. The molecule has 7 nitrogen and oxygen atoms in total. The number of para-hydroxylation sites is 1. The molecule has 0 aliphatic rings. The van der Waals surface area contributed by atoms with Crippen molar-refractivity contribution >= 4 is 52.9 Å². The summed E-state index contributed by atoms with van der Waals surface area (Å²) in [6.45, 7) is 0. The molecule has 184 valence electrons. The van der Waals surface area contributed by atoms with E-state index in [1.165, 1.54) is 6.21 Å². The molecule has 0 aliphatic carbocycles. The van der Waals surface area contributed by atoms with Gasteiger partial charge in [0, 0.05) is 32.4 Å². The van der Waals surface area contributed by atoms with Crippen molar-refractivity contribution in [2.75, 3.05) is 5.32 Å². The van der Waals surface area contributed by atoms with Gasteiger partial charge in [-0.1, -0.05) is 35.3 Å². The minimum atomic E-state index is -0.551. The van der Waals surface area contributed by atoms with E-state index in [4.69, 9.17) is 27.9 Å². The molecule has 4 aromatic rings. The van der Waals surface area contributed by atoms with Gasteiger partial charge in [-0.25, -0.2) is 10.2 Å². The molecule has 2 amide bonds. The highest BCUT2D eigenvalue weighted by molar-refractivity contribution is 6.31. The number of amides is 2. The summed E-state index contributed by atoms with van der Waals surface area (Å²) >= 11 is 11.7. The number of esters is 1. The topological polar surface area (TPSA) is 96.9 Å². The number of carbonyl (C=O) groups is 3. The highest BCUT2D eigenvalue weighted by Gasteiger charge is 2.11. The molecular weight excluding hydrogens is 513 g/mol. The number of rotatable bonds is 7. The van der Waals surface area contributed by atoms with Crippen LogP contribution < -0.4 is 15.5 Å². The molecule has 0 radical (unpaired) electrons. The Morgan fingerprint density at radius 2 is 1.22 bits per heavy atom. The number of nitrogens with one attached hydrogen (secondary N) is 2. The van der Waals surface area contributed by atoms with Crippen molar-refractivity contribution in [1.82, 2.24) is 5.43 Å². The third-order valence-corrected chi connectivity index (χ3v) is 5.59. The minimum absolute atomic E-state index is 0.279. The predicted molar refractivity (Wildman–Crippen MR) is 144 cm³/mol. The molecule has 0 bridgehead atoms. The van der Waals surface area contributed by atoms with Crippen molar-refractivity contribution in [2.24, 2.45) is 5.10 Å². The molecule has 0 unspecified atom stereocenters. The fourth-order valence-corrected chi connectivity index (χ4v) is 3.41. The number of hydrazone groups is 1. The van der Waals surface area contributed by atoms with Gasteiger partial charge in [0.1, 0.15) is 5.75 Å². The third-order valence-electron chi connectivity index (χ3n) is 5.08. The van der Waals surface area contributed by atoms with E-state index < -0.39 is 11.9 Å². The van der Waals surface area contributed by atoms with E-state index in [2.05, 4.69) is 15.8 Å². The Morgan fingerprint density at radius 3 is 1.86 bits per heavy atom. The van der Waals surface area contributed by atoms with Crippen LogP contribution in [0.15, 0.2) is 102 Å². The van der Waals surface area contributed by atoms with Crippen molar-refractivity contribution in [3.63, 3.8) is 0 Å². The van der Waals surface area contributed by atoms with Crippen LogP contribution in [0, 0.1) is 0 Å². The van der Waals surface area contributed by atoms with Gasteiger partial charge < -0.3 is 10.1 Å². The van der Waals surface area contributed by atoms with Crippen LogP contribution in [-0.2, 0) is 0 Å². The van der Waals surface area contributed by atoms with Crippen molar-refractivity contribution in [3.8, 4) is 5.75 Å². The minimum Gasteiger partial charge on any atom is -0.422 e. The molecule has 2 N–H and O–H groups in total. The second-order valence-corrected chi connectivity index (χ2v) is 8.54. The maximum Gasteiger partial charge on any atom is 0.343 e. The standard InChI is InChI=1S/C28H19Cl2N3O4/c29-22-11-5-18(6-12-22)26(34)32-24-15-9-19(10-16-24)27(35)33-31-17-21-3-1-2-4-25(21)37-28(36)20-7-13-23(30)14-8-20/h1-17H,(H,32,34)(H,33,35)/b31-17-. The lowest BCUT2D eigenvalue weighted by molar-refractivity contribution is 0.0734. The van der Waals surface area contributed by atoms with Crippen molar-refractivity contribution in [2.45, 2.75) is 0 Å². The summed E-state index contributed by atoms with van der Waals surface area (Å²) in [5.41, 5.74) is 4.59. The van der Waals surface area contributed by atoms with Crippen LogP contribution in [0.25, 0.3) is 0 Å². The van der Waals surface area contributed by atoms with Gasteiger partial charge in [0.05, 0.1) is 11.8 Å². The molecule has 9 heteroatoms. The summed E-state index contributed by atoms with van der Waals surface area (Å²) in [6, 6.07) is 25.9. The number of benzene rings is 4. The van der Waals surface area contributed by atoms with Gasteiger partial charge in [0.25, 0.3) is 11.8 Å². The number of carbonyl (C=O) groups excluding carboxylic acids is 3. The fourth-order valence-electron chi connectivity index (χ4n) is 3.16. The SMILES string of the molecule is O=C(N/N=C\c1ccccc1OC(=O)c1ccc(Cl)cc1)c1ccc(NC(=O)c2ccc(Cl)cc2)cc1. The van der Waals surface area contributed by atoms with Gasteiger partial charge in [-0.05, 0) is 84.9 Å². The Bertz CT molecular complexity index is 1450. The van der Waals surface area contributed by atoms with Gasteiger partial charge in [0.15, 0.2) is 0 Å². The Morgan fingerprint density at radius 1 is 0.676 bits per heavy atom. The smallest absolute Gasteiger partial charge is 0.343 e. The van der Waals surface area contributed by atoms with Gasteiger partial charge in [-0.3, -0.25) is 9.59 Å². The number of ether oxygens (including phenoxy) is 1. The summed E-state index contributed by atoms with van der Waals surface area (Å²) in [7, 11) is 0. The predicted octanol–water partition coefficient (Wildman–Crippen LogP) is 6.23. The van der Waals surface area contributed by atoms with Crippen LogP contribution in [0.4, 0.5) is 5.69 Å². The van der Waals surface area contributed by atoms with E-state index in [0.29, 0.717) is 38.0 Å². The summed E-state index contributed by atoms with van der Waals surface area (Å²) in [6.07, 6.45) is 1.38. The van der Waals surface area contributed by atoms with Crippen LogP contribution >= 0.6 is 23.2 Å². The molecule has 0 atom stereocenters. The molecule has 0 saturated carbocycles.